The number of hydrogen-bond acceptors (Lipinski definition) is 4. The van der Waals surface area contributed by atoms with Crippen LogP contribution in [0.3, 0.4) is 0 Å². The average molecular weight is 398 g/mol. The van der Waals surface area contributed by atoms with Gasteiger partial charge in [-0.05, 0) is 42.3 Å². The molecule has 0 aliphatic heterocycles. The van der Waals surface area contributed by atoms with Gasteiger partial charge >= 0.3 is 12.6 Å². The fourth-order valence-corrected chi connectivity index (χ4v) is 2.94. The Hall–Kier alpha value is -2.68. The van der Waals surface area contributed by atoms with Crippen LogP contribution < -0.4 is 15.4 Å². The van der Waals surface area contributed by atoms with E-state index in [1.165, 1.54) is 24.3 Å². The molecule has 2 rings (SSSR count). The largest absolute Gasteiger partial charge is 0.435 e. The molecule has 0 aromatic heterocycles. The lowest BCUT2D eigenvalue weighted by molar-refractivity contribution is -0.0498. The lowest BCUT2D eigenvalue weighted by Crippen LogP contribution is -2.36. The molecule has 9 heteroatoms. The molecule has 2 amide bonds. The molecule has 0 saturated carbocycles. The molecule has 0 heterocycles. The van der Waals surface area contributed by atoms with Crippen molar-refractivity contribution in [1.29, 1.82) is 0 Å². The lowest BCUT2D eigenvalue weighted by Gasteiger charge is -2.15. The van der Waals surface area contributed by atoms with Gasteiger partial charge in [0, 0.05) is 12.8 Å². The molecule has 6 nitrogen and oxygen atoms in total. The maximum absolute atomic E-state index is 12.1. The Morgan fingerprint density at radius 2 is 1.67 bits per heavy atom. The van der Waals surface area contributed by atoms with Crippen LogP contribution in [0.25, 0.3) is 0 Å². The summed E-state index contributed by atoms with van der Waals surface area (Å²) in [5, 5.41) is 5.40. The number of sulfone groups is 1. The first kappa shape index (κ1) is 20.6. The molecule has 0 saturated heterocycles. The highest BCUT2D eigenvalue weighted by Crippen LogP contribution is 2.17. The van der Waals surface area contributed by atoms with Crippen LogP contribution in [0.5, 0.6) is 5.75 Å². The van der Waals surface area contributed by atoms with E-state index in [2.05, 4.69) is 15.4 Å². The average Bonchev–Trinajstić information content (AvgIpc) is 2.60. The number of hydrogen-bond donors (Lipinski definition) is 2. The number of amides is 2. The lowest BCUT2D eigenvalue weighted by atomic mass is 10.1. The Morgan fingerprint density at radius 3 is 2.19 bits per heavy atom. The Bertz CT molecular complexity index is 869. The zero-order chi connectivity index (χ0) is 20.0. The molecular weight excluding hydrogens is 378 g/mol. The highest BCUT2D eigenvalue weighted by molar-refractivity contribution is 7.90. The summed E-state index contributed by atoms with van der Waals surface area (Å²) in [4.78, 5) is 12.2. The molecule has 0 aliphatic rings. The summed E-state index contributed by atoms with van der Waals surface area (Å²) >= 11 is 0. The third kappa shape index (κ3) is 6.52. The van der Waals surface area contributed by atoms with E-state index in [4.69, 9.17) is 0 Å². The zero-order valence-electron chi connectivity index (χ0n) is 14.8. The van der Waals surface area contributed by atoms with E-state index in [-0.39, 0.29) is 23.2 Å². The van der Waals surface area contributed by atoms with Crippen molar-refractivity contribution >= 4 is 15.9 Å². The Labute approximate surface area is 156 Å². The van der Waals surface area contributed by atoms with Gasteiger partial charge in [-0.15, -0.1) is 0 Å². The minimum Gasteiger partial charge on any atom is -0.435 e. The first-order chi connectivity index (χ1) is 12.6. The fraction of sp³-hybridized carbons (Fsp3) is 0.278. The van der Waals surface area contributed by atoms with Gasteiger partial charge in [-0.3, -0.25) is 0 Å². The maximum atomic E-state index is 12.1. The quantitative estimate of drug-likeness (QED) is 0.750. The molecule has 1 atom stereocenters. The van der Waals surface area contributed by atoms with Crippen molar-refractivity contribution in [2.75, 3.05) is 6.26 Å². The topological polar surface area (TPSA) is 84.5 Å². The molecule has 2 aromatic rings. The number of rotatable bonds is 7. The minimum absolute atomic E-state index is 0.0457. The first-order valence-electron chi connectivity index (χ1n) is 8.03. The normalized spacial score (nSPS) is 12.5. The van der Waals surface area contributed by atoms with E-state index in [0.29, 0.717) is 0 Å². The van der Waals surface area contributed by atoms with Gasteiger partial charge < -0.3 is 15.4 Å². The van der Waals surface area contributed by atoms with E-state index < -0.39 is 22.5 Å². The monoisotopic (exact) mass is 398 g/mol. The second kappa shape index (κ2) is 8.81. The standard InChI is InChI=1S/C18H20F2N2O4S/c1-12(14-5-9-16(10-6-14)27(2,24)25)22-18(23)21-11-13-3-7-15(8-4-13)26-17(19)20/h3-10,12,17H,11H2,1-2H3,(H2,21,22,23). The van der Waals surface area contributed by atoms with Gasteiger partial charge in [0.05, 0.1) is 10.9 Å². The minimum atomic E-state index is -3.27. The number of carbonyl (C=O) groups is 1. The van der Waals surface area contributed by atoms with Crippen LogP contribution in [0.4, 0.5) is 13.6 Å². The molecule has 27 heavy (non-hydrogen) atoms. The summed E-state index contributed by atoms with van der Waals surface area (Å²) in [6.45, 7) is -0.904. The van der Waals surface area contributed by atoms with Crippen molar-refractivity contribution in [3.8, 4) is 5.75 Å². The molecule has 1 unspecified atom stereocenters. The summed E-state index contributed by atoms with van der Waals surface area (Å²) in [6.07, 6.45) is 1.13. The van der Waals surface area contributed by atoms with E-state index in [1.54, 1.807) is 31.2 Å². The van der Waals surface area contributed by atoms with Gasteiger partial charge in [0.1, 0.15) is 5.75 Å². The molecule has 0 radical (unpaired) electrons. The van der Waals surface area contributed by atoms with Gasteiger partial charge in [-0.25, -0.2) is 13.2 Å². The van der Waals surface area contributed by atoms with Crippen molar-refractivity contribution in [2.45, 2.75) is 31.0 Å². The van der Waals surface area contributed by atoms with Crippen LogP contribution in [0, 0.1) is 0 Å². The van der Waals surface area contributed by atoms with Gasteiger partial charge in [-0.2, -0.15) is 8.78 Å². The zero-order valence-corrected chi connectivity index (χ0v) is 15.6. The van der Waals surface area contributed by atoms with E-state index in [0.717, 1.165) is 17.4 Å². The van der Waals surface area contributed by atoms with Gasteiger partial charge in [-0.1, -0.05) is 24.3 Å². The van der Waals surface area contributed by atoms with Crippen LogP contribution in [0.1, 0.15) is 24.1 Å². The highest BCUT2D eigenvalue weighted by Gasteiger charge is 2.12. The predicted octanol–water partition coefficient (Wildman–Crippen LogP) is 3.25. The van der Waals surface area contributed by atoms with Crippen LogP contribution in [-0.2, 0) is 16.4 Å². The van der Waals surface area contributed by atoms with E-state index in [1.807, 2.05) is 0 Å². The molecular formula is C18H20F2N2O4S. The number of carbonyl (C=O) groups excluding carboxylic acids is 1. The van der Waals surface area contributed by atoms with Gasteiger partial charge in [0.2, 0.25) is 0 Å². The second-order valence-corrected chi connectivity index (χ2v) is 7.93. The maximum Gasteiger partial charge on any atom is 0.387 e. The molecule has 0 spiro atoms. The molecule has 0 aliphatic carbocycles. The van der Waals surface area contributed by atoms with Gasteiger partial charge in [0.15, 0.2) is 9.84 Å². The van der Waals surface area contributed by atoms with Crippen LogP contribution in [0.15, 0.2) is 53.4 Å². The number of urea groups is 1. The summed E-state index contributed by atoms with van der Waals surface area (Å²) in [5.41, 5.74) is 1.47. The van der Waals surface area contributed by atoms with Crippen molar-refractivity contribution < 1.29 is 26.7 Å². The van der Waals surface area contributed by atoms with Crippen molar-refractivity contribution in [1.82, 2.24) is 10.6 Å². The van der Waals surface area contributed by atoms with Crippen molar-refractivity contribution in [2.24, 2.45) is 0 Å². The smallest absolute Gasteiger partial charge is 0.387 e. The summed E-state index contributed by atoms with van der Waals surface area (Å²) in [6, 6.07) is 11.5. The number of ether oxygens (including phenoxy) is 1. The second-order valence-electron chi connectivity index (χ2n) is 5.91. The van der Waals surface area contributed by atoms with E-state index in [9.17, 15) is 22.0 Å². The highest BCUT2D eigenvalue weighted by atomic mass is 32.2. The number of nitrogens with one attached hydrogen (secondary N) is 2. The molecule has 2 N–H and O–H groups in total. The summed E-state index contributed by atoms with van der Waals surface area (Å²) in [5.74, 6) is 0.0457. The van der Waals surface area contributed by atoms with Crippen LogP contribution >= 0.6 is 0 Å². The number of benzene rings is 2. The number of alkyl halides is 2. The van der Waals surface area contributed by atoms with Crippen LogP contribution in [-0.4, -0.2) is 27.3 Å². The summed E-state index contributed by atoms with van der Waals surface area (Å²) in [7, 11) is -3.27. The van der Waals surface area contributed by atoms with Crippen LogP contribution in [0.2, 0.25) is 0 Å². The predicted molar refractivity (Wildman–Crippen MR) is 96.4 cm³/mol. The third-order valence-electron chi connectivity index (χ3n) is 3.76. The fourth-order valence-electron chi connectivity index (χ4n) is 2.31. The Balaban J connectivity index is 1.86. The van der Waals surface area contributed by atoms with Crippen molar-refractivity contribution in [3.63, 3.8) is 0 Å². The van der Waals surface area contributed by atoms with Gasteiger partial charge in [0.25, 0.3) is 0 Å². The number of halogens is 2. The third-order valence-corrected chi connectivity index (χ3v) is 4.89. The Kier molecular flexibility index (Phi) is 6.73. The molecule has 0 fully saturated rings. The molecule has 146 valence electrons. The Morgan fingerprint density at radius 1 is 1.07 bits per heavy atom. The summed E-state index contributed by atoms with van der Waals surface area (Å²) < 4.78 is 51.4. The van der Waals surface area contributed by atoms with E-state index >= 15 is 0 Å². The molecule has 2 aromatic carbocycles. The SMILES string of the molecule is CC(NC(=O)NCc1ccc(OC(F)F)cc1)c1ccc(S(C)(=O)=O)cc1. The first-order valence-corrected chi connectivity index (χ1v) is 9.92. The molecule has 0 bridgehead atoms. The van der Waals surface area contributed by atoms with Crippen molar-refractivity contribution in [3.05, 3.63) is 59.7 Å².